The molecule has 1 aromatic carbocycles. The first kappa shape index (κ1) is 16.7. The van der Waals surface area contributed by atoms with E-state index in [4.69, 9.17) is 4.42 Å². The lowest BCUT2D eigenvalue weighted by molar-refractivity contribution is 0.259. The van der Waals surface area contributed by atoms with Gasteiger partial charge in [0.15, 0.2) is 0 Å². The first-order chi connectivity index (χ1) is 10.5. The van der Waals surface area contributed by atoms with Crippen molar-refractivity contribution in [1.29, 1.82) is 0 Å². The molecule has 22 heavy (non-hydrogen) atoms. The van der Waals surface area contributed by atoms with Gasteiger partial charge in [-0.05, 0) is 38.2 Å². The summed E-state index contributed by atoms with van der Waals surface area (Å²) in [4.78, 5) is 1.93. The predicted molar refractivity (Wildman–Crippen MR) is 87.1 cm³/mol. The van der Waals surface area contributed by atoms with Crippen LogP contribution in [0.3, 0.4) is 0 Å². The molecule has 0 amide bonds. The molecule has 0 aliphatic heterocycles. The second-order valence-corrected chi connectivity index (χ2v) is 7.32. The number of nitrogens with zero attached hydrogens (tertiary/aromatic N) is 1. The molecule has 0 unspecified atom stereocenters. The molecule has 0 saturated carbocycles. The summed E-state index contributed by atoms with van der Waals surface area (Å²) >= 11 is 0. The summed E-state index contributed by atoms with van der Waals surface area (Å²) in [5.74, 6) is 0.825. The van der Waals surface area contributed by atoms with Crippen molar-refractivity contribution >= 4 is 10.0 Å². The van der Waals surface area contributed by atoms with E-state index in [1.165, 1.54) is 0 Å². The molecule has 2 aromatic rings. The zero-order valence-electron chi connectivity index (χ0n) is 12.9. The minimum Gasteiger partial charge on any atom is -0.468 e. The van der Waals surface area contributed by atoms with Gasteiger partial charge in [0.2, 0.25) is 10.0 Å². The SMILES string of the molecule is CN(C)[C@H](CNS(=O)(=O)CCc1ccccc1)c1ccco1. The van der Waals surface area contributed by atoms with Crippen LogP contribution in [0.1, 0.15) is 17.4 Å². The number of aryl methyl sites for hydroxylation is 1. The topological polar surface area (TPSA) is 62.6 Å². The van der Waals surface area contributed by atoms with Gasteiger partial charge in [-0.25, -0.2) is 13.1 Å². The third-order valence-corrected chi connectivity index (χ3v) is 4.84. The van der Waals surface area contributed by atoms with Gasteiger partial charge in [-0.2, -0.15) is 0 Å². The summed E-state index contributed by atoms with van der Waals surface area (Å²) in [5, 5.41) is 0. The molecule has 1 atom stereocenters. The van der Waals surface area contributed by atoms with E-state index in [2.05, 4.69) is 4.72 Å². The van der Waals surface area contributed by atoms with E-state index >= 15 is 0 Å². The number of sulfonamides is 1. The molecule has 1 N–H and O–H groups in total. The molecule has 0 fully saturated rings. The monoisotopic (exact) mass is 322 g/mol. The second kappa shape index (κ2) is 7.58. The molecule has 0 spiro atoms. The van der Waals surface area contributed by atoms with Crippen LogP contribution in [0, 0.1) is 0 Å². The number of benzene rings is 1. The Morgan fingerprint density at radius 1 is 1.14 bits per heavy atom. The third kappa shape index (κ3) is 4.98. The Morgan fingerprint density at radius 2 is 1.86 bits per heavy atom. The summed E-state index contributed by atoms with van der Waals surface area (Å²) in [6, 6.07) is 13.1. The van der Waals surface area contributed by atoms with Gasteiger partial charge >= 0.3 is 0 Å². The quantitative estimate of drug-likeness (QED) is 0.808. The summed E-state index contributed by atoms with van der Waals surface area (Å²) < 4.78 is 32.3. The van der Waals surface area contributed by atoms with Crippen LogP contribution >= 0.6 is 0 Å². The van der Waals surface area contributed by atoms with Gasteiger partial charge < -0.3 is 4.42 Å². The zero-order chi connectivity index (χ0) is 16.0. The van der Waals surface area contributed by atoms with Crippen molar-refractivity contribution in [1.82, 2.24) is 9.62 Å². The summed E-state index contributed by atoms with van der Waals surface area (Å²) in [6.07, 6.45) is 2.10. The fourth-order valence-electron chi connectivity index (χ4n) is 2.19. The van der Waals surface area contributed by atoms with Crippen LogP contribution in [0.15, 0.2) is 53.1 Å². The standard InChI is InChI=1S/C16H22N2O3S/c1-18(2)15(16-9-6-11-21-16)13-17-22(19,20)12-10-14-7-4-3-5-8-14/h3-9,11,15,17H,10,12-13H2,1-2H3/t15-/m1/s1. The smallest absolute Gasteiger partial charge is 0.211 e. The van der Waals surface area contributed by atoms with Gasteiger partial charge in [0.25, 0.3) is 0 Å². The van der Waals surface area contributed by atoms with Crippen molar-refractivity contribution in [2.45, 2.75) is 12.5 Å². The molecule has 0 aliphatic carbocycles. The average Bonchev–Trinajstić information content (AvgIpc) is 3.00. The average molecular weight is 322 g/mol. The third-order valence-electron chi connectivity index (χ3n) is 3.49. The van der Waals surface area contributed by atoms with Crippen LogP contribution in [0.4, 0.5) is 0 Å². The summed E-state index contributed by atoms with van der Waals surface area (Å²) in [6.45, 7) is 0.289. The molecule has 120 valence electrons. The molecule has 6 heteroatoms. The van der Waals surface area contributed by atoms with E-state index in [1.807, 2.05) is 55.4 Å². The van der Waals surface area contributed by atoms with Gasteiger partial charge in [-0.3, -0.25) is 4.90 Å². The largest absolute Gasteiger partial charge is 0.468 e. The highest BCUT2D eigenvalue weighted by molar-refractivity contribution is 7.89. The fourth-order valence-corrected chi connectivity index (χ4v) is 3.25. The van der Waals surface area contributed by atoms with Crippen molar-refractivity contribution < 1.29 is 12.8 Å². The van der Waals surface area contributed by atoms with Gasteiger partial charge in [-0.15, -0.1) is 0 Å². The molecule has 1 heterocycles. The summed E-state index contributed by atoms with van der Waals surface area (Å²) in [7, 11) is 0.471. The van der Waals surface area contributed by atoms with Crippen LogP contribution in [-0.4, -0.2) is 39.7 Å². The first-order valence-electron chi connectivity index (χ1n) is 7.19. The van der Waals surface area contributed by atoms with E-state index in [0.717, 1.165) is 11.3 Å². The van der Waals surface area contributed by atoms with Crippen LogP contribution in [0.5, 0.6) is 0 Å². The second-order valence-electron chi connectivity index (χ2n) is 5.40. The maximum absolute atomic E-state index is 12.1. The highest BCUT2D eigenvalue weighted by atomic mass is 32.2. The number of hydrogen-bond donors (Lipinski definition) is 1. The molecular formula is C16H22N2O3S. The Hall–Kier alpha value is -1.63. The van der Waals surface area contributed by atoms with Gasteiger partial charge in [0, 0.05) is 6.54 Å². The highest BCUT2D eigenvalue weighted by Gasteiger charge is 2.20. The Bertz CT molecular complexity index is 652. The summed E-state index contributed by atoms with van der Waals surface area (Å²) in [5.41, 5.74) is 1.02. The van der Waals surface area contributed by atoms with Crippen LogP contribution < -0.4 is 4.72 Å². The first-order valence-corrected chi connectivity index (χ1v) is 8.84. The Labute approximate surface area is 132 Å². The predicted octanol–water partition coefficient (Wildman–Crippen LogP) is 2.04. The zero-order valence-corrected chi connectivity index (χ0v) is 13.7. The maximum Gasteiger partial charge on any atom is 0.211 e. The van der Waals surface area contributed by atoms with Crippen molar-refractivity contribution in [3.8, 4) is 0 Å². The minimum absolute atomic E-state index is 0.0787. The molecule has 0 radical (unpaired) electrons. The van der Waals surface area contributed by atoms with E-state index in [0.29, 0.717) is 6.42 Å². The van der Waals surface area contributed by atoms with Crippen molar-refractivity contribution in [3.05, 3.63) is 60.1 Å². The number of hydrogen-bond acceptors (Lipinski definition) is 4. The maximum atomic E-state index is 12.1. The van der Waals surface area contributed by atoms with Crippen molar-refractivity contribution in [2.75, 3.05) is 26.4 Å². The lowest BCUT2D eigenvalue weighted by atomic mass is 10.2. The number of furan rings is 1. The Kier molecular flexibility index (Phi) is 5.76. The van der Waals surface area contributed by atoms with Gasteiger partial charge in [0.05, 0.1) is 18.1 Å². The highest BCUT2D eigenvalue weighted by Crippen LogP contribution is 2.17. The number of rotatable bonds is 8. The molecule has 0 aliphatic rings. The fraction of sp³-hybridized carbons (Fsp3) is 0.375. The molecule has 2 rings (SSSR count). The van der Waals surface area contributed by atoms with E-state index in [9.17, 15) is 8.42 Å². The van der Waals surface area contributed by atoms with E-state index in [1.54, 1.807) is 12.3 Å². The van der Waals surface area contributed by atoms with Crippen LogP contribution in [0.2, 0.25) is 0 Å². The van der Waals surface area contributed by atoms with Crippen molar-refractivity contribution in [3.63, 3.8) is 0 Å². The number of nitrogens with one attached hydrogen (secondary N) is 1. The Balaban J connectivity index is 1.91. The molecule has 5 nitrogen and oxygen atoms in total. The lowest BCUT2D eigenvalue weighted by Crippen LogP contribution is -2.35. The van der Waals surface area contributed by atoms with E-state index in [-0.39, 0.29) is 18.3 Å². The van der Waals surface area contributed by atoms with E-state index < -0.39 is 10.0 Å². The Morgan fingerprint density at radius 3 is 2.45 bits per heavy atom. The minimum atomic E-state index is -3.32. The molecule has 0 saturated heterocycles. The normalized spacial score (nSPS) is 13.4. The van der Waals surface area contributed by atoms with Gasteiger partial charge in [-0.1, -0.05) is 30.3 Å². The molecular weight excluding hydrogens is 300 g/mol. The van der Waals surface area contributed by atoms with Crippen LogP contribution in [-0.2, 0) is 16.4 Å². The molecule has 0 bridgehead atoms. The van der Waals surface area contributed by atoms with Crippen molar-refractivity contribution in [2.24, 2.45) is 0 Å². The lowest BCUT2D eigenvalue weighted by Gasteiger charge is -2.22. The molecule has 1 aromatic heterocycles. The number of likely N-dealkylation sites (N-methyl/N-ethyl adjacent to an activating group) is 1. The van der Waals surface area contributed by atoms with Crippen LogP contribution in [0.25, 0.3) is 0 Å². The van der Waals surface area contributed by atoms with Gasteiger partial charge in [0.1, 0.15) is 5.76 Å².